The highest BCUT2D eigenvalue weighted by molar-refractivity contribution is 7.25. The molecule has 0 bridgehead atoms. The first-order chi connectivity index (χ1) is 14.7. The number of aromatic nitrogens is 1. The molecular weight excluding hydrogens is 384 g/mol. The number of fused-ring (bicyclic) bond motifs is 5. The van der Waals surface area contributed by atoms with E-state index in [1.807, 2.05) is 35.7 Å². The molecule has 0 fully saturated rings. The first kappa shape index (κ1) is 17.6. The molecule has 0 saturated carbocycles. The van der Waals surface area contributed by atoms with Gasteiger partial charge in [0.05, 0.1) is 17.3 Å². The van der Waals surface area contributed by atoms with Gasteiger partial charge in [-0.2, -0.15) is 5.26 Å². The highest BCUT2D eigenvalue weighted by Crippen LogP contribution is 2.41. The molecule has 0 radical (unpaired) electrons. The molecule has 0 spiro atoms. The van der Waals surface area contributed by atoms with Crippen LogP contribution >= 0.6 is 11.3 Å². The van der Waals surface area contributed by atoms with Crippen LogP contribution in [0.2, 0.25) is 0 Å². The molecule has 2 aromatic heterocycles. The molecule has 0 atom stereocenters. The highest BCUT2D eigenvalue weighted by Gasteiger charge is 2.16. The van der Waals surface area contributed by atoms with Crippen LogP contribution in [-0.4, -0.2) is 4.98 Å². The second-order valence-corrected chi connectivity index (χ2v) is 9.38. The summed E-state index contributed by atoms with van der Waals surface area (Å²) in [6.45, 7) is 2.06. The Morgan fingerprint density at radius 3 is 2.43 bits per heavy atom. The Morgan fingerprint density at radius 1 is 0.867 bits per heavy atom. The van der Waals surface area contributed by atoms with Crippen LogP contribution in [-0.2, 0) is 12.8 Å². The number of nitrogens with zero attached hydrogens (tertiary/aromatic N) is 2. The molecule has 144 valence electrons. The molecule has 0 aliphatic heterocycles. The highest BCUT2D eigenvalue weighted by atomic mass is 32.1. The SMILES string of the molecule is Cc1cc(C#N)ccc1-c1nccc2cc3sc4cc5c(cc4c3cc12)CCCC5. The Hall–Kier alpha value is -3.22. The molecule has 0 unspecified atom stereocenters. The summed E-state index contributed by atoms with van der Waals surface area (Å²) >= 11 is 1.90. The van der Waals surface area contributed by atoms with Gasteiger partial charge in [0.15, 0.2) is 0 Å². The first-order valence-electron chi connectivity index (χ1n) is 10.5. The number of aryl methyl sites for hydroxylation is 3. The Bertz CT molecular complexity index is 1520. The molecule has 1 aliphatic carbocycles. The average Bonchev–Trinajstić information content (AvgIpc) is 3.11. The lowest BCUT2D eigenvalue weighted by atomic mass is 9.90. The minimum atomic E-state index is 0.687. The van der Waals surface area contributed by atoms with Crippen molar-refractivity contribution in [3.63, 3.8) is 0 Å². The van der Waals surface area contributed by atoms with Crippen molar-refractivity contribution in [3.05, 3.63) is 77.0 Å². The zero-order chi connectivity index (χ0) is 20.2. The van der Waals surface area contributed by atoms with E-state index in [0.717, 1.165) is 16.8 Å². The summed E-state index contributed by atoms with van der Waals surface area (Å²) in [5, 5.41) is 14.3. The molecule has 2 heterocycles. The van der Waals surface area contributed by atoms with E-state index in [0.29, 0.717) is 5.56 Å². The third-order valence-electron chi connectivity index (χ3n) is 6.43. The van der Waals surface area contributed by atoms with E-state index in [1.165, 1.54) is 62.2 Å². The standard InChI is InChI=1S/C27H20N2S/c1-16-10-17(15-28)6-7-21(16)27-22-14-24-23-11-18-4-2-3-5-19(18)12-25(23)30-26(24)13-20(22)8-9-29-27/h6-14H,2-5H2,1H3. The number of hydrogen-bond donors (Lipinski definition) is 0. The van der Waals surface area contributed by atoms with Crippen LogP contribution in [0.4, 0.5) is 0 Å². The fourth-order valence-electron chi connectivity index (χ4n) is 4.89. The summed E-state index contributed by atoms with van der Waals surface area (Å²) in [6, 6.07) is 19.7. The second kappa shape index (κ2) is 6.65. The van der Waals surface area contributed by atoms with Crippen LogP contribution in [0.25, 0.3) is 42.2 Å². The lowest BCUT2D eigenvalue weighted by Crippen LogP contribution is -2.01. The Morgan fingerprint density at radius 2 is 1.63 bits per heavy atom. The molecule has 0 N–H and O–H groups in total. The van der Waals surface area contributed by atoms with Crippen molar-refractivity contribution in [1.29, 1.82) is 5.26 Å². The van der Waals surface area contributed by atoms with Crippen LogP contribution < -0.4 is 0 Å². The molecule has 1 aliphatic rings. The van der Waals surface area contributed by atoms with E-state index in [1.54, 1.807) is 5.56 Å². The van der Waals surface area contributed by atoms with Gasteiger partial charge >= 0.3 is 0 Å². The first-order valence-corrected chi connectivity index (χ1v) is 11.3. The normalized spacial score (nSPS) is 13.6. The maximum absolute atomic E-state index is 9.21. The summed E-state index contributed by atoms with van der Waals surface area (Å²) in [7, 11) is 0. The van der Waals surface area contributed by atoms with E-state index in [4.69, 9.17) is 4.98 Å². The number of benzene rings is 3. The molecule has 0 amide bonds. The number of nitriles is 1. The van der Waals surface area contributed by atoms with E-state index < -0.39 is 0 Å². The van der Waals surface area contributed by atoms with Gasteiger partial charge < -0.3 is 0 Å². The molecule has 0 saturated heterocycles. The fraction of sp³-hybridized carbons (Fsp3) is 0.185. The minimum Gasteiger partial charge on any atom is -0.256 e. The van der Waals surface area contributed by atoms with E-state index in [2.05, 4.69) is 43.3 Å². The predicted octanol–water partition coefficient (Wildman–Crippen LogP) is 7.33. The summed E-state index contributed by atoms with van der Waals surface area (Å²) in [6.07, 6.45) is 6.93. The predicted molar refractivity (Wildman–Crippen MR) is 126 cm³/mol. The second-order valence-electron chi connectivity index (χ2n) is 8.30. The summed E-state index contributed by atoms with van der Waals surface area (Å²) in [5.74, 6) is 0. The summed E-state index contributed by atoms with van der Waals surface area (Å²) in [4.78, 5) is 4.76. The monoisotopic (exact) mass is 404 g/mol. The van der Waals surface area contributed by atoms with Crippen molar-refractivity contribution in [3.8, 4) is 17.3 Å². The van der Waals surface area contributed by atoms with Crippen LogP contribution in [0.5, 0.6) is 0 Å². The molecule has 6 rings (SSSR count). The van der Waals surface area contributed by atoms with Gasteiger partial charge in [-0.25, -0.2) is 0 Å². The van der Waals surface area contributed by atoms with Crippen molar-refractivity contribution in [2.75, 3.05) is 0 Å². The molecule has 2 nitrogen and oxygen atoms in total. The topological polar surface area (TPSA) is 36.7 Å². The van der Waals surface area contributed by atoms with E-state index in [9.17, 15) is 5.26 Å². The molecular formula is C27H20N2S. The van der Waals surface area contributed by atoms with Crippen LogP contribution in [0.15, 0.2) is 54.7 Å². The Kier molecular flexibility index (Phi) is 3.91. The number of thiophene rings is 1. The zero-order valence-electron chi connectivity index (χ0n) is 16.8. The lowest BCUT2D eigenvalue weighted by molar-refractivity contribution is 0.687. The van der Waals surface area contributed by atoms with Crippen molar-refractivity contribution >= 4 is 42.3 Å². The van der Waals surface area contributed by atoms with Gasteiger partial charge in [0, 0.05) is 37.3 Å². The molecule has 3 heteroatoms. The largest absolute Gasteiger partial charge is 0.256 e. The number of rotatable bonds is 1. The van der Waals surface area contributed by atoms with Gasteiger partial charge in [-0.15, -0.1) is 11.3 Å². The van der Waals surface area contributed by atoms with Crippen LogP contribution in [0.3, 0.4) is 0 Å². The third kappa shape index (κ3) is 2.65. The maximum Gasteiger partial charge on any atom is 0.0991 e. The maximum atomic E-state index is 9.21. The van der Waals surface area contributed by atoms with Crippen LogP contribution in [0, 0.1) is 18.3 Å². The van der Waals surface area contributed by atoms with E-state index >= 15 is 0 Å². The fourth-order valence-corrected chi connectivity index (χ4v) is 6.07. The summed E-state index contributed by atoms with van der Waals surface area (Å²) in [5.41, 5.74) is 6.93. The van der Waals surface area contributed by atoms with Crippen molar-refractivity contribution in [2.45, 2.75) is 32.6 Å². The van der Waals surface area contributed by atoms with Crippen molar-refractivity contribution < 1.29 is 0 Å². The van der Waals surface area contributed by atoms with Gasteiger partial charge in [-0.1, -0.05) is 6.07 Å². The Labute approximate surface area is 179 Å². The lowest BCUT2D eigenvalue weighted by Gasteiger charge is -2.15. The number of pyridine rings is 1. The van der Waals surface area contributed by atoms with Crippen LogP contribution in [0.1, 0.15) is 35.1 Å². The van der Waals surface area contributed by atoms with Gasteiger partial charge in [0.2, 0.25) is 0 Å². The third-order valence-corrected chi connectivity index (χ3v) is 7.54. The smallest absolute Gasteiger partial charge is 0.0991 e. The minimum absolute atomic E-state index is 0.687. The van der Waals surface area contributed by atoms with Crippen molar-refractivity contribution in [1.82, 2.24) is 4.98 Å². The molecule has 5 aromatic rings. The average molecular weight is 405 g/mol. The summed E-state index contributed by atoms with van der Waals surface area (Å²) < 4.78 is 2.73. The zero-order valence-corrected chi connectivity index (χ0v) is 17.6. The Balaban J connectivity index is 1.64. The van der Waals surface area contributed by atoms with Gasteiger partial charge in [-0.3, -0.25) is 4.98 Å². The van der Waals surface area contributed by atoms with Crippen molar-refractivity contribution in [2.24, 2.45) is 0 Å². The number of hydrogen-bond acceptors (Lipinski definition) is 3. The quantitative estimate of drug-likeness (QED) is 0.293. The van der Waals surface area contributed by atoms with Gasteiger partial charge in [0.25, 0.3) is 0 Å². The van der Waals surface area contributed by atoms with Gasteiger partial charge in [-0.05, 0) is 97.1 Å². The molecule has 3 aromatic carbocycles. The van der Waals surface area contributed by atoms with Gasteiger partial charge in [0.1, 0.15) is 0 Å². The van der Waals surface area contributed by atoms with E-state index in [-0.39, 0.29) is 0 Å². The molecule has 30 heavy (non-hydrogen) atoms.